The molecular weight excluding hydrogens is 322 g/mol. The number of ketones is 1. The van der Waals surface area contributed by atoms with Crippen molar-refractivity contribution in [3.63, 3.8) is 0 Å². The van der Waals surface area contributed by atoms with E-state index in [2.05, 4.69) is 13.0 Å². The second-order valence-electron chi connectivity index (χ2n) is 6.63. The predicted octanol–water partition coefficient (Wildman–Crippen LogP) is 4.51. The van der Waals surface area contributed by atoms with E-state index in [1.54, 1.807) is 36.4 Å². The molecule has 4 rings (SSSR count). The molecule has 0 aliphatic carbocycles. The molecule has 1 amide bonds. The molecule has 128 valence electrons. The zero-order chi connectivity index (χ0) is 18.1. The molecule has 1 atom stereocenters. The lowest BCUT2D eigenvalue weighted by Gasteiger charge is -2.22. The minimum Gasteiger partial charge on any atom is -0.305 e. The van der Waals surface area contributed by atoms with E-state index in [0.29, 0.717) is 16.7 Å². The van der Waals surface area contributed by atoms with Gasteiger partial charge >= 0.3 is 0 Å². The summed E-state index contributed by atoms with van der Waals surface area (Å²) in [5, 5.41) is 0. The van der Waals surface area contributed by atoms with Gasteiger partial charge in [-0.2, -0.15) is 0 Å². The maximum atomic E-state index is 13.0. The van der Waals surface area contributed by atoms with Gasteiger partial charge in [0.25, 0.3) is 5.91 Å². The van der Waals surface area contributed by atoms with Gasteiger partial charge in [0.1, 0.15) is 0 Å². The van der Waals surface area contributed by atoms with Crippen LogP contribution >= 0.6 is 0 Å². The van der Waals surface area contributed by atoms with Gasteiger partial charge in [0, 0.05) is 28.4 Å². The van der Waals surface area contributed by atoms with Gasteiger partial charge in [-0.3, -0.25) is 9.59 Å². The third-order valence-corrected chi connectivity index (χ3v) is 4.86. The number of fused-ring (bicyclic) bond motifs is 1. The van der Waals surface area contributed by atoms with E-state index in [1.165, 1.54) is 5.56 Å². The van der Waals surface area contributed by atoms with Crippen LogP contribution in [-0.2, 0) is 6.42 Å². The molecule has 3 aromatic carbocycles. The van der Waals surface area contributed by atoms with Gasteiger partial charge in [0.2, 0.25) is 0 Å². The van der Waals surface area contributed by atoms with Crippen molar-refractivity contribution in [1.29, 1.82) is 0 Å². The molecular formula is C23H19NO2. The van der Waals surface area contributed by atoms with Crippen molar-refractivity contribution in [2.24, 2.45) is 0 Å². The summed E-state index contributed by atoms with van der Waals surface area (Å²) >= 11 is 0. The Morgan fingerprint density at radius 1 is 0.769 bits per heavy atom. The van der Waals surface area contributed by atoms with E-state index in [0.717, 1.165) is 12.1 Å². The molecule has 0 fully saturated rings. The minimum atomic E-state index is -0.0375. The molecule has 1 heterocycles. The third-order valence-electron chi connectivity index (χ3n) is 4.86. The van der Waals surface area contributed by atoms with Crippen molar-refractivity contribution < 1.29 is 9.59 Å². The summed E-state index contributed by atoms with van der Waals surface area (Å²) in [7, 11) is 0. The number of carbonyl (C=O) groups excluding carboxylic acids is 2. The lowest BCUT2D eigenvalue weighted by Crippen LogP contribution is -2.35. The summed E-state index contributed by atoms with van der Waals surface area (Å²) in [5.41, 5.74) is 4.01. The van der Waals surface area contributed by atoms with E-state index in [9.17, 15) is 9.59 Å². The van der Waals surface area contributed by atoms with Crippen LogP contribution in [0.1, 0.15) is 38.8 Å². The van der Waals surface area contributed by atoms with Crippen LogP contribution in [0.15, 0.2) is 78.9 Å². The van der Waals surface area contributed by atoms with Crippen LogP contribution in [-0.4, -0.2) is 17.7 Å². The number of amides is 1. The molecule has 0 bridgehead atoms. The highest BCUT2D eigenvalue weighted by Crippen LogP contribution is 2.33. The average molecular weight is 341 g/mol. The van der Waals surface area contributed by atoms with Gasteiger partial charge in [-0.25, -0.2) is 0 Å². The largest absolute Gasteiger partial charge is 0.305 e. The molecule has 0 saturated heterocycles. The molecule has 0 radical (unpaired) electrons. The van der Waals surface area contributed by atoms with Crippen LogP contribution in [0.4, 0.5) is 5.69 Å². The number of carbonyl (C=O) groups is 2. The van der Waals surface area contributed by atoms with Crippen molar-refractivity contribution in [1.82, 2.24) is 0 Å². The first-order valence-corrected chi connectivity index (χ1v) is 8.76. The fourth-order valence-corrected chi connectivity index (χ4v) is 3.53. The van der Waals surface area contributed by atoms with Gasteiger partial charge in [-0.15, -0.1) is 0 Å². The standard InChI is InChI=1S/C23H19NO2/c1-16-15-20-9-5-6-10-21(20)24(16)23(26)19-13-11-18(12-14-19)22(25)17-7-3-2-4-8-17/h2-14,16H,15H2,1H3. The SMILES string of the molecule is CC1Cc2ccccc2N1C(=O)c1ccc(C(=O)c2ccccc2)cc1. The van der Waals surface area contributed by atoms with Crippen molar-refractivity contribution in [2.45, 2.75) is 19.4 Å². The molecule has 3 nitrogen and oxygen atoms in total. The second kappa shape index (κ2) is 6.60. The maximum Gasteiger partial charge on any atom is 0.258 e. The van der Waals surface area contributed by atoms with Gasteiger partial charge in [-0.1, -0.05) is 60.7 Å². The van der Waals surface area contributed by atoms with Crippen molar-refractivity contribution in [2.75, 3.05) is 4.90 Å². The topological polar surface area (TPSA) is 37.4 Å². The Bertz CT molecular complexity index is 961. The average Bonchev–Trinajstić information content (AvgIpc) is 3.03. The van der Waals surface area contributed by atoms with E-state index in [1.807, 2.05) is 41.3 Å². The molecule has 0 spiro atoms. The number of para-hydroxylation sites is 1. The van der Waals surface area contributed by atoms with E-state index < -0.39 is 0 Å². The Morgan fingerprint density at radius 3 is 2.08 bits per heavy atom. The molecule has 1 aliphatic rings. The van der Waals surface area contributed by atoms with Crippen molar-refractivity contribution in [3.05, 3.63) is 101 Å². The molecule has 3 heteroatoms. The quantitative estimate of drug-likeness (QED) is 0.657. The Balaban J connectivity index is 1.60. The van der Waals surface area contributed by atoms with Gasteiger partial charge in [0.15, 0.2) is 5.78 Å². The van der Waals surface area contributed by atoms with E-state index >= 15 is 0 Å². The third kappa shape index (κ3) is 2.82. The first-order chi connectivity index (χ1) is 12.6. The zero-order valence-corrected chi connectivity index (χ0v) is 14.6. The molecule has 1 aliphatic heterocycles. The Hall–Kier alpha value is -3.20. The Kier molecular flexibility index (Phi) is 4.13. The van der Waals surface area contributed by atoms with Crippen LogP contribution in [0.25, 0.3) is 0 Å². The first-order valence-electron chi connectivity index (χ1n) is 8.76. The van der Waals surface area contributed by atoms with Crippen LogP contribution in [0, 0.1) is 0 Å². The number of hydrogen-bond acceptors (Lipinski definition) is 2. The van der Waals surface area contributed by atoms with E-state index in [-0.39, 0.29) is 17.7 Å². The summed E-state index contributed by atoms with van der Waals surface area (Å²) in [6.45, 7) is 2.06. The normalized spacial score (nSPS) is 15.6. The lowest BCUT2D eigenvalue weighted by atomic mass is 10.0. The summed E-state index contributed by atoms with van der Waals surface area (Å²) in [4.78, 5) is 27.4. The summed E-state index contributed by atoms with van der Waals surface area (Å²) < 4.78 is 0. The first kappa shape index (κ1) is 16.3. The fourth-order valence-electron chi connectivity index (χ4n) is 3.53. The summed E-state index contributed by atoms with van der Waals surface area (Å²) in [6.07, 6.45) is 0.868. The molecule has 26 heavy (non-hydrogen) atoms. The highest BCUT2D eigenvalue weighted by molar-refractivity contribution is 6.11. The molecule has 1 unspecified atom stereocenters. The van der Waals surface area contributed by atoms with Gasteiger partial charge in [-0.05, 0) is 37.1 Å². The lowest BCUT2D eigenvalue weighted by molar-refractivity contribution is 0.0979. The highest BCUT2D eigenvalue weighted by Gasteiger charge is 2.31. The molecule has 0 N–H and O–H groups in total. The number of benzene rings is 3. The Labute approximate surface area is 152 Å². The number of anilines is 1. The second-order valence-corrected chi connectivity index (χ2v) is 6.63. The fraction of sp³-hybridized carbons (Fsp3) is 0.130. The van der Waals surface area contributed by atoms with Crippen molar-refractivity contribution in [3.8, 4) is 0 Å². The molecule has 0 aromatic heterocycles. The number of rotatable bonds is 3. The van der Waals surface area contributed by atoms with Crippen LogP contribution < -0.4 is 4.90 Å². The Morgan fingerprint density at radius 2 is 1.35 bits per heavy atom. The smallest absolute Gasteiger partial charge is 0.258 e. The zero-order valence-electron chi connectivity index (χ0n) is 14.6. The predicted molar refractivity (Wildman–Crippen MR) is 103 cm³/mol. The van der Waals surface area contributed by atoms with E-state index in [4.69, 9.17) is 0 Å². The summed E-state index contributed by atoms with van der Waals surface area (Å²) in [6, 6.07) is 24.3. The van der Waals surface area contributed by atoms with Crippen LogP contribution in [0.2, 0.25) is 0 Å². The molecule has 0 saturated carbocycles. The summed E-state index contributed by atoms with van der Waals surface area (Å²) in [5.74, 6) is -0.0642. The van der Waals surface area contributed by atoms with Gasteiger partial charge < -0.3 is 4.90 Å². The minimum absolute atomic E-state index is 0.0267. The van der Waals surface area contributed by atoms with Gasteiger partial charge in [0.05, 0.1) is 0 Å². The number of nitrogens with zero attached hydrogens (tertiary/aromatic N) is 1. The molecule has 3 aromatic rings. The highest BCUT2D eigenvalue weighted by atomic mass is 16.2. The van der Waals surface area contributed by atoms with Crippen LogP contribution in [0.3, 0.4) is 0 Å². The maximum absolute atomic E-state index is 13.0. The van der Waals surface area contributed by atoms with Crippen molar-refractivity contribution >= 4 is 17.4 Å². The van der Waals surface area contributed by atoms with Crippen LogP contribution in [0.5, 0.6) is 0 Å². The number of hydrogen-bond donors (Lipinski definition) is 0. The monoisotopic (exact) mass is 341 g/mol.